The van der Waals surface area contributed by atoms with Gasteiger partial charge < -0.3 is 14.5 Å². The molecule has 0 radical (unpaired) electrons. The first-order valence-corrected chi connectivity index (χ1v) is 6.53. The number of fused-ring (bicyclic) bond motifs is 1. The Morgan fingerprint density at radius 3 is 2.30 bits per heavy atom. The van der Waals surface area contributed by atoms with Crippen LogP contribution in [-0.2, 0) is 0 Å². The molecule has 0 atom stereocenters. The molecular formula is C17H17NO2. The van der Waals surface area contributed by atoms with Gasteiger partial charge in [-0.1, -0.05) is 6.07 Å². The average Bonchev–Trinajstić information content (AvgIpc) is 2.92. The fraction of sp³-hybridized carbons (Fsp3) is 0.176. The Morgan fingerprint density at radius 2 is 1.65 bits per heavy atom. The summed E-state index contributed by atoms with van der Waals surface area (Å²) < 4.78 is 11.0. The lowest BCUT2D eigenvalue weighted by Gasteiger charge is -2.15. The predicted molar refractivity (Wildman–Crippen MR) is 81.6 cm³/mol. The maximum atomic E-state index is 5.50. The summed E-state index contributed by atoms with van der Waals surface area (Å²) in [4.78, 5) is 3.23. The molecule has 3 heteroatoms. The maximum absolute atomic E-state index is 5.50. The Bertz CT molecular complexity index is 737. The number of aryl methyl sites for hydroxylation is 1. The molecule has 0 spiro atoms. The second kappa shape index (κ2) is 4.93. The molecule has 0 saturated heterocycles. The minimum absolute atomic E-state index is 0.822. The van der Waals surface area contributed by atoms with Crippen LogP contribution in [-0.4, -0.2) is 19.2 Å². The van der Waals surface area contributed by atoms with E-state index < -0.39 is 0 Å². The zero-order valence-corrected chi connectivity index (χ0v) is 11.9. The number of hydrogen-bond donors (Lipinski definition) is 1. The van der Waals surface area contributed by atoms with E-state index in [9.17, 15) is 0 Å². The zero-order valence-electron chi connectivity index (χ0n) is 11.9. The smallest absolute Gasteiger partial charge is 0.130 e. The minimum atomic E-state index is 0.822. The molecule has 0 aliphatic carbocycles. The van der Waals surface area contributed by atoms with Gasteiger partial charge in [0.25, 0.3) is 0 Å². The summed E-state index contributed by atoms with van der Waals surface area (Å²) in [6.07, 6.45) is 1.95. The van der Waals surface area contributed by atoms with Crippen molar-refractivity contribution in [3.63, 3.8) is 0 Å². The molecule has 1 heterocycles. The number of hydrogen-bond acceptors (Lipinski definition) is 2. The Balaban J connectivity index is 2.31. The fourth-order valence-corrected chi connectivity index (χ4v) is 2.59. The molecule has 0 aliphatic rings. The molecule has 0 unspecified atom stereocenters. The molecule has 2 aromatic carbocycles. The number of aromatic nitrogens is 1. The van der Waals surface area contributed by atoms with Crippen molar-refractivity contribution < 1.29 is 9.47 Å². The fourth-order valence-electron chi connectivity index (χ4n) is 2.59. The molecule has 1 aromatic heterocycles. The van der Waals surface area contributed by atoms with Crippen molar-refractivity contribution in [2.75, 3.05) is 14.2 Å². The van der Waals surface area contributed by atoms with Gasteiger partial charge in [-0.3, -0.25) is 0 Å². The van der Waals surface area contributed by atoms with Gasteiger partial charge in [0.2, 0.25) is 0 Å². The Kier molecular flexibility index (Phi) is 3.11. The van der Waals surface area contributed by atoms with Gasteiger partial charge in [0.05, 0.1) is 19.8 Å². The van der Waals surface area contributed by atoms with Crippen LogP contribution in [0.25, 0.3) is 22.0 Å². The molecule has 20 heavy (non-hydrogen) atoms. The lowest BCUT2D eigenvalue weighted by atomic mass is 9.97. The van der Waals surface area contributed by atoms with Crippen LogP contribution in [0.2, 0.25) is 0 Å². The number of rotatable bonds is 3. The second-order valence-electron chi connectivity index (χ2n) is 4.77. The number of methoxy groups -OCH3 is 2. The van der Waals surface area contributed by atoms with Gasteiger partial charge in [-0.25, -0.2) is 0 Å². The highest BCUT2D eigenvalue weighted by Crippen LogP contribution is 2.40. The van der Waals surface area contributed by atoms with E-state index in [0.29, 0.717) is 0 Å². The summed E-state index contributed by atoms with van der Waals surface area (Å²) in [7, 11) is 3.37. The molecular weight excluding hydrogens is 250 g/mol. The summed E-state index contributed by atoms with van der Waals surface area (Å²) in [6.45, 7) is 2.10. The summed E-state index contributed by atoms with van der Waals surface area (Å²) >= 11 is 0. The van der Waals surface area contributed by atoms with Gasteiger partial charge in [-0.2, -0.15) is 0 Å². The molecule has 3 rings (SSSR count). The van der Waals surface area contributed by atoms with Crippen LogP contribution >= 0.6 is 0 Å². The normalized spacial score (nSPS) is 10.8. The van der Waals surface area contributed by atoms with E-state index in [4.69, 9.17) is 9.47 Å². The molecule has 3 aromatic rings. The highest BCUT2D eigenvalue weighted by molar-refractivity contribution is 5.90. The Labute approximate surface area is 118 Å². The standard InChI is InChI=1S/C17H17NO2/c1-11-9-14-12(7-8-18-14)10-13(11)17-15(19-2)5-4-6-16(17)20-3/h4-10,18H,1-3H3. The predicted octanol–water partition coefficient (Wildman–Crippen LogP) is 4.16. The van der Waals surface area contributed by atoms with E-state index in [2.05, 4.69) is 30.1 Å². The average molecular weight is 267 g/mol. The van der Waals surface area contributed by atoms with Crippen molar-refractivity contribution in [1.82, 2.24) is 4.98 Å². The number of ether oxygens (including phenoxy) is 2. The molecule has 0 aliphatic heterocycles. The van der Waals surface area contributed by atoms with Crippen LogP contribution in [0.4, 0.5) is 0 Å². The van der Waals surface area contributed by atoms with Gasteiger partial charge in [-0.15, -0.1) is 0 Å². The summed E-state index contributed by atoms with van der Waals surface area (Å²) in [5.41, 5.74) is 4.45. The SMILES string of the molecule is COc1cccc(OC)c1-c1cc2cc[nH]c2cc1C. The lowest BCUT2D eigenvalue weighted by Crippen LogP contribution is -1.94. The van der Waals surface area contributed by atoms with Crippen LogP contribution < -0.4 is 9.47 Å². The summed E-state index contributed by atoms with van der Waals surface area (Å²) in [6, 6.07) is 12.2. The number of benzene rings is 2. The second-order valence-corrected chi connectivity index (χ2v) is 4.77. The number of H-pyrrole nitrogens is 1. The van der Waals surface area contributed by atoms with E-state index >= 15 is 0 Å². The molecule has 102 valence electrons. The van der Waals surface area contributed by atoms with Gasteiger partial charge in [-0.05, 0) is 53.8 Å². The van der Waals surface area contributed by atoms with E-state index in [1.165, 1.54) is 10.9 Å². The third kappa shape index (κ3) is 1.92. The van der Waals surface area contributed by atoms with Gasteiger partial charge in [0.15, 0.2) is 0 Å². The molecule has 3 nitrogen and oxygen atoms in total. The van der Waals surface area contributed by atoms with Crippen LogP contribution in [0.5, 0.6) is 11.5 Å². The highest BCUT2D eigenvalue weighted by Gasteiger charge is 2.15. The molecule has 0 fully saturated rings. The van der Waals surface area contributed by atoms with Crippen molar-refractivity contribution in [2.24, 2.45) is 0 Å². The zero-order chi connectivity index (χ0) is 14.1. The Morgan fingerprint density at radius 1 is 0.950 bits per heavy atom. The topological polar surface area (TPSA) is 34.2 Å². The van der Waals surface area contributed by atoms with Crippen molar-refractivity contribution in [2.45, 2.75) is 6.92 Å². The van der Waals surface area contributed by atoms with Crippen molar-refractivity contribution in [1.29, 1.82) is 0 Å². The van der Waals surface area contributed by atoms with Crippen LogP contribution in [0.3, 0.4) is 0 Å². The van der Waals surface area contributed by atoms with Crippen molar-refractivity contribution in [3.05, 3.63) is 48.2 Å². The van der Waals surface area contributed by atoms with E-state index in [-0.39, 0.29) is 0 Å². The molecule has 0 saturated carbocycles. The van der Waals surface area contributed by atoms with E-state index in [0.717, 1.165) is 28.1 Å². The monoisotopic (exact) mass is 267 g/mol. The molecule has 1 N–H and O–H groups in total. The third-order valence-corrected chi connectivity index (χ3v) is 3.60. The third-order valence-electron chi connectivity index (χ3n) is 3.60. The van der Waals surface area contributed by atoms with E-state index in [1.54, 1.807) is 14.2 Å². The Hall–Kier alpha value is -2.42. The molecule has 0 amide bonds. The first kappa shape index (κ1) is 12.6. The van der Waals surface area contributed by atoms with Crippen molar-refractivity contribution in [3.8, 4) is 22.6 Å². The first-order chi connectivity index (χ1) is 9.74. The van der Waals surface area contributed by atoms with Crippen LogP contribution in [0, 0.1) is 6.92 Å². The van der Waals surface area contributed by atoms with Gasteiger partial charge >= 0.3 is 0 Å². The van der Waals surface area contributed by atoms with Crippen LogP contribution in [0.15, 0.2) is 42.6 Å². The van der Waals surface area contributed by atoms with Crippen molar-refractivity contribution >= 4 is 10.9 Å². The minimum Gasteiger partial charge on any atom is -0.496 e. The maximum Gasteiger partial charge on any atom is 0.130 e. The summed E-state index contributed by atoms with van der Waals surface area (Å²) in [5.74, 6) is 1.64. The largest absolute Gasteiger partial charge is 0.496 e. The number of nitrogens with one attached hydrogen (secondary N) is 1. The lowest BCUT2D eigenvalue weighted by molar-refractivity contribution is 0.397. The van der Waals surface area contributed by atoms with Gasteiger partial charge in [0.1, 0.15) is 11.5 Å². The quantitative estimate of drug-likeness (QED) is 0.773. The van der Waals surface area contributed by atoms with Gasteiger partial charge in [0, 0.05) is 11.7 Å². The molecule has 0 bridgehead atoms. The number of aromatic amines is 1. The summed E-state index contributed by atoms with van der Waals surface area (Å²) in [5, 5.41) is 1.18. The highest BCUT2D eigenvalue weighted by atomic mass is 16.5. The first-order valence-electron chi connectivity index (χ1n) is 6.53. The van der Waals surface area contributed by atoms with Crippen LogP contribution in [0.1, 0.15) is 5.56 Å². The van der Waals surface area contributed by atoms with E-state index in [1.807, 2.05) is 24.4 Å².